The third-order valence-electron chi connectivity index (χ3n) is 3.52. The maximum absolute atomic E-state index is 2.52. The topological polar surface area (TPSA) is 3.24 Å². The van der Waals surface area contributed by atoms with Gasteiger partial charge in [0, 0.05) is 12.2 Å². The number of benzene rings is 2. The van der Waals surface area contributed by atoms with E-state index in [0.717, 1.165) is 0 Å². The second-order valence-electron chi connectivity index (χ2n) is 4.60. The van der Waals surface area contributed by atoms with Gasteiger partial charge in [0.05, 0.1) is 6.04 Å². The fourth-order valence-electron chi connectivity index (χ4n) is 2.72. The van der Waals surface area contributed by atoms with Crippen molar-refractivity contribution in [1.82, 2.24) is 0 Å². The van der Waals surface area contributed by atoms with Gasteiger partial charge >= 0.3 is 0 Å². The van der Waals surface area contributed by atoms with E-state index >= 15 is 0 Å². The first-order chi connectivity index (χ1) is 8.45. The summed E-state index contributed by atoms with van der Waals surface area (Å²) in [6.45, 7) is 1.17. The maximum atomic E-state index is 2.52. The van der Waals surface area contributed by atoms with Crippen molar-refractivity contribution in [2.75, 3.05) is 11.4 Å². The van der Waals surface area contributed by atoms with E-state index in [9.17, 15) is 0 Å². The highest BCUT2D eigenvalue weighted by atomic mass is 15.2. The molecular weight excluding hydrogens is 206 g/mol. The molecule has 0 radical (unpaired) electrons. The summed E-state index contributed by atoms with van der Waals surface area (Å²) in [6.07, 6.45) is 2.55. The normalized spacial score (nSPS) is 19.5. The van der Waals surface area contributed by atoms with E-state index in [-0.39, 0.29) is 0 Å². The highest BCUT2D eigenvalue weighted by Gasteiger charge is 2.25. The van der Waals surface area contributed by atoms with E-state index in [1.54, 1.807) is 0 Å². The summed E-state index contributed by atoms with van der Waals surface area (Å²) in [6, 6.07) is 22.1. The molecule has 1 fully saturated rings. The van der Waals surface area contributed by atoms with Crippen LogP contribution in [0.1, 0.15) is 24.4 Å². The molecule has 2 aromatic carbocycles. The summed E-state index contributed by atoms with van der Waals surface area (Å²) in [5.41, 5.74) is 2.78. The van der Waals surface area contributed by atoms with Crippen molar-refractivity contribution in [2.45, 2.75) is 18.9 Å². The van der Waals surface area contributed by atoms with E-state index < -0.39 is 0 Å². The summed E-state index contributed by atoms with van der Waals surface area (Å²) in [4.78, 5) is 2.52. The van der Waals surface area contributed by atoms with Crippen LogP contribution in [-0.2, 0) is 0 Å². The zero-order valence-electron chi connectivity index (χ0n) is 9.92. The number of hydrogen-bond donors (Lipinski definition) is 0. The monoisotopic (exact) mass is 223 g/mol. The van der Waals surface area contributed by atoms with Gasteiger partial charge in [-0.25, -0.2) is 0 Å². The molecule has 2 aromatic rings. The van der Waals surface area contributed by atoms with Gasteiger partial charge in [0.25, 0.3) is 0 Å². The third kappa shape index (κ3) is 2.05. The zero-order chi connectivity index (χ0) is 11.5. The highest BCUT2D eigenvalue weighted by molar-refractivity contribution is 5.49. The summed E-state index contributed by atoms with van der Waals surface area (Å²) >= 11 is 0. The molecule has 0 saturated carbocycles. The van der Waals surface area contributed by atoms with E-state index in [2.05, 4.69) is 65.6 Å². The molecule has 17 heavy (non-hydrogen) atoms. The fraction of sp³-hybridized carbons (Fsp3) is 0.250. The molecule has 0 unspecified atom stereocenters. The first kappa shape index (κ1) is 10.4. The van der Waals surface area contributed by atoms with Crippen LogP contribution in [0.4, 0.5) is 5.69 Å². The lowest BCUT2D eigenvalue weighted by Crippen LogP contribution is -2.22. The van der Waals surface area contributed by atoms with Crippen LogP contribution in [0, 0.1) is 0 Å². The standard InChI is InChI=1S/C16H17N/c1-3-8-14(9-4-1)16-12-7-13-17(16)15-10-5-2-6-11-15/h1-6,8-11,16H,7,12-13H2/t16-/m0/s1. The number of hydrogen-bond acceptors (Lipinski definition) is 1. The second kappa shape index (κ2) is 4.62. The largest absolute Gasteiger partial charge is 0.364 e. The Morgan fingerprint density at radius 1 is 0.824 bits per heavy atom. The Morgan fingerprint density at radius 2 is 1.47 bits per heavy atom. The molecule has 0 aliphatic carbocycles. The van der Waals surface area contributed by atoms with Crippen LogP contribution in [0.25, 0.3) is 0 Å². The molecule has 0 bridgehead atoms. The third-order valence-corrected chi connectivity index (χ3v) is 3.52. The molecule has 1 saturated heterocycles. The Bertz CT molecular complexity index is 418. The zero-order valence-corrected chi connectivity index (χ0v) is 9.92. The van der Waals surface area contributed by atoms with E-state index in [4.69, 9.17) is 0 Å². The SMILES string of the molecule is c1ccc([C@@H]2CCCN2c2ccccc2)cc1. The highest BCUT2D eigenvalue weighted by Crippen LogP contribution is 2.35. The lowest BCUT2D eigenvalue weighted by molar-refractivity contribution is 0.719. The van der Waals surface area contributed by atoms with Gasteiger partial charge in [-0.2, -0.15) is 0 Å². The van der Waals surface area contributed by atoms with Gasteiger partial charge in [-0.3, -0.25) is 0 Å². The Hall–Kier alpha value is -1.76. The van der Waals surface area contributed by atoms with Crippen molar-refractivity contribution in [3.63, 3.8) is 0 Å². The molecule has 0 spiro atoms. The molecule has 1 nitrogen and oxygen atoms in total. The van der Waals surface area contributed by atoms with Crippen LogP contribution < -0.4 is 4.90 Å². The molecule has 1 heteroatoms. The average Bonchev–Trinajstić information content (AvgIpc) is 2.90. The molecule has 3 rings (SSSR count). The van der Waals surface area contributed by atoms with Crippen molar-refractivity contribution in [3.05, 3.63) is 66.2 Å². The Balaban J connectivity index is 1.91. The van der Waals surface area contributed by atoms with E-state index in [1.165, 1.54) is 30.6 Å². The quantitative estimate of drug-likeness (QED) is 0.743. The minimum absolute atomic E-state index is 0.554. The molecule has 0 amide bonds. The summed E-state index contributed by atoms with van der Waals surface area (Å²) in [5, 5.41) is 0. The van der Waals surface area contributed by atoms with Crippen LogP contribution in [-0.4, -0.2) is 6.54 Å². The van der Waals surface area contributed by atoms with Crippen LogP contribution in [0.3, 0.4) is 0 Å². The molecule has 0 N–H and O–H groups in total. The predicted octanol–water partition coefficient (Wildman–Crippen LogP) is 4.03. The molecule has 86 valence electrons. The van der Waals surface area contributed by atoms with Gasteiger partial charge in [0.15, 0.2) is 0 Å². The maximum Gasteiger partial charge on any atom is 0.0543 e. The first-order valence-electron chi connectivity index (χ1n) is 6.32. The van der Waals surface area contributed by atoms with E-state index in [1.807, 2.05) is 0 Å². The number of anilines is 1. The first-order valence-corrected chi connectivity index (χ1v) is 6.32. The van der Waals surface area contributed by atoms with Gasteiger partial charge in [-0.15, -0.1) is 0 Å². The molecular formula is C16H17N. The molecule has 1 aliphatic heterocycles. The van der Waals surface area contributed by atoms with Crippen molar-refractivity contribution in [1.29, 1.82) is 0 Å². The molecule has 0 aromatic heterocycles. The van der Waals surface area contributed by atoms with Crippen LogP contribution in [0.15, 0.2) is 60.7 Å². The van der Waals surface area contributed by atoms with Crippen molar-refractivity contribution >= 4 is 5.69 Å². The van der Waals surface area contributed by atoms with Crippen molar-refractivity contribution in [2.24, 2.45) is 0 Å². The summed E-state index contributed by atoms with van der Waals surface area (Å²) < 4.78 is 0. The minimum atomic E-state index is 0.554. The minimum Gasteiger partial charge on any atom is -0.364 e. The fourth-order valence-corrected chi connectivity index (χ4v) is 2.72. The van der Waals surface area contributed by atoms with Gasteiger partial charge in [-0.1, -0.05) is 48.5 Å². The van der Waals surface area contributed by atoms with Gasteiger partial charge in [-0.05, 0) is 30.5 Å². The lowest BCUT2D eigenvalue weighted by atomic mass is 10.0. The van der Waals surface area contributed by atoms with Gasteiger partial charge < -0.3 is 4.90 Å². The Morgan fingerprint density at radius 3 is 2.18 bits per heavy atom. The van der Waals surface area contributed by atoms with Crippen molar-refractivity contribution < 1.29 is 0 Å². The second-order valence-corrected chi connectivity index (χ2v) is 4.60. The lowest BCUT2D eigenvalue weighted by Gasteiger charge is -2.27. The van der Waals surface area contributed by atoms with Gasteiger partial charge in [0.2, 0.25) is 0 Å². The van der Waals surface area contributed by atoms with Crippen LogP contribution in [0.5, 0.6) is 0 Å². The van der Waals surface area contributed by atoms with Gasteiger partial charge in [0.1, 0.15) is 0 Å². The Kier molecular flexibility index (Phi) is 2.83. The summed E-state index contributed by atoms with van der Waals surface area (Å²) in [5.74, 6) is 0. The van der Waals surface area contributed by atoms with Crippen LogP contribution >= 0.6 is 0 Å². The number of nitrogens with zero attached hydrogens (tertiary/aromatic N) is 1. The van der Waals surface area contributed by atoms with Crippen LogP contribution in [0.2, 0.25) is 0 Å². The smallest absolute Gasteiger partial charge is 0.0543 e. The van der Waals surface area contributed by atoms with Crippen molar-refractivity contribution in [3.8, 4) is 0 Å². The number of para-hydroxylation sites is 1. The molecule has 1 aliphatic rings. The van der Waals surface area contributed by atoms with E-state index in [0.29, 0.717) is 6.04 Å². The average molecular weight is 223 g/mol. The molecule has 1 atom stereocenters. The summed E-state index contributed by atoms with van der Waals surface area (Å²) in [7, 11) is 0. The Labute approximate surface area is 103 Å². The molecule has 1 heterocycles. The number of rotatable bonds is 2. The predicted molar refractivity (Wildman–Crippen MR) is 72.2 cm³/mol.